The standard InChI is InChI=1S/C30H29N3O3/c1-30(2,3)23-11-13-24(14-12-23)35-20-25-15-16-27(36-25)29(34)31-28-17-18-33(32-28)19-22-9-6-8-21-7-4-5-10-26(21)22/h4-18H,19-20H2,1-3H3,(H,31,32,34). The van der Waals surface area contributed by atoms with Gasteiger partial charge in [0.25, 0.3) is 5.91 Å². The maximum atomic E-state index is 12.7. The Bertz CT molecular complexity index is 1480. The molecule has 0 aliphatic carbocycles. The molecule has 5 rings (SSSR count). The molecule has 0 aliphatic rings. The zero-order valence-electron chi connectivity index (χ0n) is 20.7. The summed E-state index contributed by atoms with van der Waals surface area (Å²) in [6.45, 7) is 7.37. The molecule has 6 heteroatoms. The molecule has 5 aromatic rings. The molecular weight excluding hydrogens is 450 g/mol. The van der Waals surface area contributed by atoms with Crippen LogP contribution in [0.4, 0.5) is 5.82 Å². The molecule has 2 heterocycles. The quantitative estimate of drug-likeness (QED) is 0.278. The molecule has 2 aromatic heterocycles. The number of amides is 1. The van der Waals surface area contributed by atoms with E-state index in [1.165, 1.54) is 16.3 Å². The summed E-state index contributed by atoms with van der Waals surface area (Å²) in [5.74, 6) is 1.64. The van der Waals surface area contributed by atoms with E-state index in [1.807, 2.05) is 41.2 Å². The number of hydrogen-bond donors (Lipinski definition) is 1. The van der Waals surface area contributed by atoms with E-state index < -0.39 is 0 Å². The highest BCUT2D eigenvalue weighted by Crippen LogP contribution is 2.25. The van der Waals surface area contributed by atoms with Gasteiger partial charge < -0.3 is 14.5 Å². The normalized spacial score (nSPS) is 11.5. The number of furan rings is 1. The van der Waals surface area contributed by atoms with Gasteiger partial charge in [-0.2, -0.15) is 5.10 Å². The summed E-state index contributed by atoms with van der Waals surface area (Å²) in [6, 6.07) is 27.7. The first-order valence-corrected chi connectivity index (χ1v) is 12.0. The number of carbonyl (C=O) groups excluding carboxylic acids is 1. The molecule has 1 amide bonds. The Labute approximate surface area is 210 Å². The van der Waals surface area contributed by atoms with Crippen molar-refractivity contribution >= 4 is 22.5 Å². The van der Waals surface area contributed by atoms with Crippen molar-refractivity contribution in [3.05, 3.63) is 114 Å². The first kappa shape index (κ1) is 23.4. The summed E-state index contributed by atoms with van der Waals surface area (Å²) in [5.41, 5.74) is 2.50. The Morgan fingerprint density at radius 2 is 1.72 bits per heavy atom. The third kappa shape index (κ3) is 5.33. The highest BCUT2D eigenvalue weighted by atomic mass is 16.5. The predicted octanol–water partition coefficient (Wildman–Crippen LogP) is 6.81. The van der Waals surface area contributed by atoms with Gasteiger partial charge in [-0.3, -0.25) is 9.48 Å². The van der Waals surface area contributed by atoms with Crippen molar-refractivity contribution in [2.45, 2.75) is 39.3 Å². The summed E-state index contributed by atoms with van der Waals surface area (Å²) in [7, 11) is 0. The van der Waals surface area contributed by atoms with Crippen LogP contribution in [-0.4, -0.2) is 15.7 Å². The van der Waals surface area contributed by atoms with E-state index in [0.29, 0.717) is 18.1 Å². The smallest absolute Gasteiger partial charge is 0.292 e. The molecule has 0 radical (unpaired) electrons. The zero-order chi connectivity index (χ0) is 25.1. The monoisotopic (exact) mass is 479 g/mol. The molecular formula is C30H29N3O3. The number of nitrogens with one attached hydrogen (secondary N) is 1. The van der Waals surface area contributed by atoms with Gasteiger partial charge in [0.1, 0.15) is 18.1 Å². The van der Waals surface area contributed by atoms with Crippen LogP contribution < -0.4 is 10.1 Å². The lowest BCUT2D eigenvalue weighted by Crippen LogP contribution is -2.12. The second-order valence-corrected chi connectivity index (χ2v) is 9.82. The molecule has 0 spiro atoms. The number of hydrogen-bond acceptors (Lipinski definition) is 4. The summed E-state index contributed by atoms with van der Waals surface area (Å²) in [5, 5.41) is 9.69. The van der Waals surface area contributed by atoms with Crippen LogP contribution in [0.2, 0.25) is 0 Å². The first-order chi connectivity index (χ1) is 17.3. The van der Waals surface area contributed by atoms with E-state index in [-0.39, 0.29) is 23.7 Å². The van der Waals surface area contributed by atoms with Gasteiger partial charge in [-0.25, -0.2) is 0 Å². The van der Waals surface area contributed by atoms with Gasteiger partial charge in [0.05, 0.1) is 6.54 Å². The second-order valence-electron chi connectivity index (χ2n) is 9.82. The molecule has 182 valence electrons. The van der Waals surface area contributed by atoms with Gasteiger partial charge in [-0.15, -0.1) is 0 Å². The van der Waals surface area contributed by atoms with Crippen molar-refractivity contribution < 1.29 is 13.9 Å². The number of aromatic nitrogens is 2. The minimum Gasteiger partial charge on any atom is -0.486 e. The molecule has 0 aliphatic heterocycles. The number of nitrogens with zero attached hydrogens (tertiary/aromatic N) is 2. The number of ether oxygens (including phenoxy) is 1. The lowest BCUT2D eigenvalue weighted by Gasteiger charge is -2.19. The summed E-state index contributed by atoms with van der Waals surface area (Å²) >= 11 is 0. The average Bonchev–Trinajstić information content (AvgIpc) is 3.52. The number of anilines is 1. The Morgan fingerprint density at radius 3 is 2.53 bits per heavy atom. The van der Waals surface area contributed by atoms with Gasteiger partial charge in [0, 0.05) is 12.3 Å². The number of benzene rings is 3. The van der Waals surface area contributed by atoms with E-state index in [9.17, 15) is 4.79 Å². The number of carbonyl (C=O) groups is 1. The fourth-order valence-corrected chi connectivity index (χ4v) is 4.08. The minimum absolute atomic E-state index is 0.0908. The third-order valence-electron chi connectivity index (χ3n) is 6.08. The van der Waals surface area contributed by atoms with Crippen LogP contribution in [-0.2, 0) is 18.6 Å². The van der Waals surface area contributed by atoms with Crippen LogP contribution in [0.15, 0.2) is 95.5 Å². The van der Waals surface area contributed by atoms with E-state index in [1.54, 1.807) is 18.2 Å². The maximum Gasteiger partial charge on any atom is 0.292 e. The summed E-state index contributed by atoms with van der Waals surface area (Å²) in [6.07, 6.45) is 1.85. The van der Waals surface area contributed by atoms with Crippen molar-refractivity contribution in [1.29, 1.82) is 0 Å². The van der Waals surface area contributed by atoms with Crippen LogP contribution in [0.1, 0.15) is 48.2 Å². The molecule has 36 heavy (non-hydrogen) atoms. The maximum absolute atomic E-state index is 12.7. The molecule has 3 aromatic carbocycles. The molecule has 0 unspecified atom stereocenters. The first-order valence-electron chi connectivity index (χ1n) is 12.0. The fourth-order valence-electron chi connectivity index (χ4n) is 4.08. The van der Waals surface area contributed by atoms with E-state index in [2.05, 4.69) is 67.6 Å². The number of rotatable bonds is 7. The lowest BCUT2D eigenvalue weighted by atomic mass is 9.87. The van der Waals surface area contributed by atoms with Gasteiger partial charge in [0.2, 0.25) is 0 Å². The van der Waals surface area contributed by atoms with E-state index >= 15 is 0 Å². The van der Waals surface area contributed by atoms with Crippen molar-refractivity contribution in [3.63, 3.8) is 0 Å². The molecule has 0 saturated heterocycles. The van der Waals surface area contributed by atoms with Gasteiger partial charge in [0.15, 0.2) is 11.6 Å². The van der Waals surface area contributed by atoms with Crippen molar-refractivity contribution in [2.24, 2.45) is 0 Å². The molecule has 0 atom stereocenters. The van der Waals surface area contributed by atoms with Gasteiger partial charge in [-0.1, -0.05) is 75.4 Å². The van der Waals surface area contributed by atoms with Gasteiger partial charge in [-0.05, 0) is 51.6 Å². The molecule has 1 N–H and O–H groups in total. The van der Waals surface area contributed by atoms with Crippen molar-refractivity contribution in [3.8, 4) is 5.75 Å². The minimum atomic E-state index is -0.355. The Balaban J connectivity index is 1.18. The second kappa shape index (κ2) is 9.74. The Morgan fingerprint density at radius 1 is 0.944 bits per heavy atom. The van der Waals surface area contributed by atoms with Gasteiger partial charge >= 0.3 is 0 Å². The molecule has 0 fully saturated rings. The van der Waals surface area contributed by atoms with Crippen LogP contribution in [0.3, 0.4) is 0 Å². The van der Waals surface area contributed by atoms with Crippen LogP contribution >= 0.6 is 0 Å². The SMILES string of the molecule is CC(C)(C)c1ccc(OCc2ccc(C(=O)Nc3ccn(Cc4cccc5ccccc45)n3)o2)cc1. The Hall–Kier alpha value is -4.32. The largest absolute Gasteiger partial charge is 0.486 e. The summed E-state index contributed by atoms with van der Waals surface area (Å²) < 4.78 is 13.3. The average molecular weight is 480 g/mol. The predicted molar refractivity (Wildman–Crippen MR) is 141 cm³/mol. The summed E-state index contributed by atoms with van der Waals surface area (Å²) in [4.78, 5) is 12.7. The zero-order valence-corrected chi connectivity index (χ0v) is 20.7. The highest BCUT2D eigenvalue weighted by molar-refractivity contribution is 6.01. The molecule has 6 nitrogen and oxygen atoms in total. The Kier molecular flexibility index (Phi) is 6.34. The van der Waals surface area contributed by atoms with Crippen LogP contribution in [0.5, 0.6) is 5.75 Å². The molecule has 0 saturated carbocycles. The number of fused-ring (bicyclic) bond motifs is 1. The van der Waals surface area contributed by atoms with E-state index in [0.717, 1.165) is 11.3 Å². The van der Waals surface area contributed by atoms with Crippen molar-refractivity contribution in [2.75, 3.05) is 5.32 Å². The van der Waals surface area contributed by atoms with Crippen LogP contribution in [0, 0.1) is 0 Å². The third-order valence-corrected chi connectivity index (χ3v) is 6.08. The molecule has 0 bridgehead atoms. The fraction of sp³-hybridized carbons (Fsp3) is 0.200. The van der Waals surface area contributed by atoms with Crippen LogP contribution in [0.25, 0.3) is 10.8 Å². The highest BCUT2D eigenvalue weighted by Gasteiger charge is 2.15. The lowest BCUT2D eigenvalue weighted by molar-refractivity contribution is 0.0992. The van der Waals surface area contributed by atoms with Crippen molar-refractivity contribution in [1.82, 2.24) is 9.78 Å². The van der Waals surface area contributed by atoms with E-state index in [4.69, 9.17) is 9.15 Å². The topological polar surface area (TPSA) is 69.3 Å².